The molecule has 19 heavy (non-hydrogen) atoms. The van der Waals surface area contributed by atoms with Gasteiger partial charge in [0.1, 0.15) is 0 Å². The average Bonchev–Trinajstić information content (AvgIpc) is 2.32. The number of anilines is 1. The van der Waals surface area contributed by atoms with Gasteiger partial charge in [-0.3, -0.25) is 4.79 Å². The van der Waals surface area contributed by atoms with Crippen molar-refractivity contribution in [2.45, 2.75) is 25.8 Å². The lowest BCUT2D eigenvalue weighted by atomic mass is 10.1. The molecule has 3 N–H and O–H groups in total. The molecule has 1 atom stereocenters. The number of nitrogens with one attached hydrogen (secondary N) is 2. The molecule has 0 fully saturated rings. The van der Waals surface area contributed by atoms with E-state index in [1.165, 1.54) is 0 Å². The Hall–Kier alpha value is -1.27. The molecular formula is C12H14BrClN2O3. The molecule has 0 aliphatic heterocycles. The van der Waals surface area contributed by atoms with E-state index in [1.54, 1.807) is 18.2 Å². The Morgan fingerprint density at radius 3 is 2.68 bits per heavy atom. The first-order valence-corrected chi connectivity index (χ1v) is 6.83. The van der Waals surface area contributed by atoms with E-state index in [2.05, 4.69) is 26.6 Å². The van der Waals surface area contributed by atoms with E-state index >= 15 is 0 Å². The number of hydrogen-bond donors (Lipinski definition) is 3. The largest absolute Gasteiger partial charge is 0.481 e. The van der Waals surface area contributed by atoms with E-state index in [1.807, 2.05) is 6.92 Å². The summed E-state index contributed by atoms with van der Waals surface area (Å²) in [5.74, 6) is -0.946. The summed E-state index contributed by atoms with van der Waals surface area (Å²) in [6.45, 7) is 1.81. The summed E-state index contributed by atoms with van der Waals surface area (Å²) in [4.78, 5) is 22.3. The van der Waals surface area contributed by atoms with Gasteiger partial charge in [0.2, 0.25) is 0 Å². The maximum Gasteiger partial charge on any atom is 0.319 e. The molecular weight excluding hydrogens is 336 g/mol. The molecule has 1 aromatic carbocycles. The standard InChI is InChI=1S/C12H14BrClN2O3/c1-2-7(6-11(17)18)15-12(19)16-8-3-4-9(13)10(14)5-8/h3-5,7H,2,6H2,1H3,(H,17,18)(H2,15,16,19). The summed E-state index contributed by atoms with van der Waals surface area (Å²) in [6, 6.07) is 4.15. The number of amides is 2. The Balaban J connectivity index is 2.58. The van der Waals surface area contributed by atoms with Gasteiger partial charge in [0, 0.05) is 16.2 Å². The number of rotatable bonds is 5. The number of urea groups is 1. The fraction of sp³-hybridized carbons (Fsp3) is 0.333. The first kappa shape index (κ1) is 15.8. The van der Waals surface area contributed by atoms with E-state index in [-0.39, 0.29) is 6.42 Å². The van der Waals surface area contributed by atoms with Gasteiger partial charge in [-0.25, -0.2) is 4.79 Å². The number of carboxylic acids is 1. The predicted molar refractivity (Wildman–Crippen MR) is 77.6 cm³/mol. The number of hydrogen-bond acceptors (Lipinski definition) is 2. The lowest BCUT2D eigenvalue weighted by Crippen LogP contribution is -2.38. The highest BCUT2D eigenvalue weighted by molar-refractivity contribution is 9.10. The molecule has 0 bridgehead atoms. The SMILES string of the molecule is CCC(CC(=O)O)NC(=O)Nc1ccc(Br)c(Cl)c1. The molecule has 0 aliphatic rings. The average molecular weight is 350 g/mol. The second-order valence-corrected chi connectivity index (χ2v) is 5.19. The van der Waals surface area contributed by atoms with Crippen molar-refractivity contribution in [1.82, 2.24) is 5.32 Å². The number of carboxylic acid groups (broad SMARTS) is 1. The Labute approximate surface area is 124 Å². The van der Waals surface area contributed by atoms with E-state index < -0.39 is 18.0 Å². The fourth-order valence-electron chi connectivity index (χ4n) is 1.43. The number of aliphatic carboxylic acids is 1. The van der Waals surface area contributed by atoms with Crippen LogP contribution in [0.4, 0.5) is 10.5 Å². The van der Waals surface area contributed by atoms with Crippen LogP contribution in [-0.2, 0) is 4.79 Å². The molecule has 0 radical (unpaired) electrons. The van der Waals surface area contributed by atoms with E-state index in [9.17, 15) is 9.59 Å². The van der Waals surface area contributed by atoms with Crippen molar-refractivity contribution in [1.29, 1.82) is 0 Å². The molecule has 5 nitrogen and oxygen atoms in total. The number of carbonyl (C=O) groups excluding carboxylic acids is 1. The summed E-state index contributed by atoms with van der Waals surface area (Å²) in [7, 11) is 0. The number of halogens is 2. The van der Waals surface area contributed by atoms with Crippen LogP contribution in [0.15, 0.2) is 22.7 Å². The zero-order valence-corrected chi connectivity index (χ0v) is 12.6. The molecule has 0 heterocycles. The normalized spacial score (nSPS) is 11.7. The van der Waals surface area contributed by atoms with Gasteiger partial charge < -0.3 is 15.7 Å². The van der Waals surface area contributed by atoms with Crippen LogP contribution in [0.2, 0.25) is 5.02 Å². The smallest absolute Gasteiger partial charge is 0.319 e. The Morgan fingerprint density at radius 1 is 1.47 bits per heavy atom. The molecule has 0 aromatic heterocycles. The highest BCUT2D eigenvalue weighted by Crippen LogP contribution is 2.25. The van der Waals surface area contributed by atoms with Gasteiger partial charge >= 0.3 is 12.0 Å². The summed E-state index contributed by atoms with van der Waals surface area (Å²) in [5.41, 5.74) is 0.538. The van der Waals surface area contributed by atoms with Crippen LogP contribution >= 0.6 is 27.5 Å². The van der Waals surface area contributed by atoms with Gasteiger partial charge in [-0.15, -0.1) is 0 Å². The third-order valence-electron chi connectivity index (χ3n) is 2.43. The maximum absolute atomic E-state index is 11.7. The van der Waals surface area contributed by atoms with Gasteiger partial charge in [0.15, 0.2) is 0 Å². The molecule has 0 aliphatic carbocycles. The van der Waals surface area contributed by atoms with Crippen LogP contribution < -0.4 is 10.6 Å². The van der Waals surface area contributed by atoms with Crippen molar-refractivity contribution in [3.63, 3.8) is 0 Å². The molecule has 104 valence electrons. The molecule has 0 spiro atoms. The van der Waals surface area contributed by atoms with Gasteiger partial charge in [-0.05, 0) is 40.5 Å². The fourth-order valence-corrected chi connectivity index (χ4v) is 1.86. The monoisotopic (exact) mass is 348 g/mol. The van der Waals surface area contributed by atoms with Gasteiger partial charge in [-0.2, -0.15) is 0 Å². The van der Waals surface area contributed by atoms with Crippen molar-refractivity contribution in [3.05, 3.63) is 27.7 Å². The lowest BCUT2D eigenvalue weighted by Gasteiger charge is -2.15. The van der Waals surface area contributed by atoms with Crippen molar-refractivity contribution in [2.24, 2.45) is 0 Å². The number of carbonyl (C=O) groups is 2. The quantitative estimate of drug-likeness (QED) is 0.761. The highest BCUT2D eigenvalue weighted by atomic mass is 79.9. The summed E-state index contributed by atoms with van der Waals surface area (Å²) in [6.07, 6.45) is 0.436. The second kappa shape index (κ2) is 7.35. The van der Waals surface area contributed by atoms with Crippen LogP contribution in [0.1, 0.15) is 19.8 Å². The van der Waals surface area contributed by atoms with Crippen LogP contribution in [-0.4, -0.2) is 23.1 Å². The maximum atomic E-state index is 11.7. The van der Waals surface area contributed by atoms with Gasteiger partial charge in [0.05, 0.1) is 11.4 Å². The summed E-state index contributed by atoms with van der Waals surface area (Å²) in [5, 5.41) is 14.4. The Morgan fingerprint density at radius 2 is 2.16 bits per heavy atom. The minimum absolute atomic E-state index is 0.106. The van der Waals surface area contributed by atoms with Crippen LogP contribution in [0.5, 0.6) is 0 Å². The first-order chi connectivity index (χ1) is 8.92. The van der Waals surface area contributed by atoms with Crippen molar-refractivity contribution >= 4 is 45.2 Å². The molecule has 1 rings (SSSR count). The molecule has 0 saturated carbocycles. The molecule has 2 amide bonds. The minimum atomic E-state index is -0.946. The van der Waals surface area contributed by atoms with Crippen molar-refractivity contribution in [2.75, 3.05) is 5.32 Å². The third-order valence-corrected chi connectivity index (χ3v) is 3.66. The van der Waals surface area contributed by atoms with Crippen LogP contribution in [0.25, 0.3) is 0 Å². The summed E-state index contributed by atoms with van der Waals surface area (Å²) < 4.78 is 0.734. The Kier molecular flexibility index (Phi) is 6.11. The molecule has 1 aromatic rings. The molecule has 1 unspecified atom stereocenters. The minimum Gasteiger partial charge on any atom is -0.481 e. The summed E-state index contributed by atoms with van der Waals surface area (Å²) >= 11 is 9.15. The highest BCUT2D eigenvalue weighted by Gasteiger charge is 2.14. The van der Waals surface area contributed by atoms with Crippen LogP contribution in [0, 0.1) is 0 Å². The lowest BCUT2D eigenvalue weighted by molar-refractivity contribution is -0.137. The van der Waals surface area contributed by atoms with Gasteiger partial charge in [0.25, 0.3) is 0 Å². The van der Waals surface area contributed by atoms with E-state index in [0.717, 1.165) is 4.47 Å². The van der Waals surface area contributed by atoms with Crippen LogP contribution in [0.3, 0.4) is 0 Å². The van der Waals surface area contributed by atoms with E-state index in [0.29, 0.717) is 17.1 Å². The third kappa shape index (κ3) is 5.48. The Bertz CT molecular complexity index is 482. The van der Waals surface area contributed by atoms with Crippen molar-refractivity contribution < 1.29 is 14.7 Å². The molecule has 0 saturated heterocycles. The van der Waals surface area contributed by atoms with Crippen molar-refractivity contribution in [3.8, 4) is 0 Å². The topological polar surface area (TPSA) is 78.4 Å². The van der Waals surface area contributed by atoms with Gasteiger partial charge in [-0.1, -0.05) is 18.5 Å². The second-order valence-electron chi connectivity index (χ2n) is 3.93. The molecule has 7 heteroatoms. The zero-order valence-electron chi connectivity index (χ0n) is 10.2. The van der Waals surface area contributed by atoms with E-state index in [4.69, 9.17) is 16.7 Å². The predicted octanol–water partition coefficient (Wildman–Crippen LogP) is 3.48. The number of benzene rings is 1. The zero-order chi connectivity index (χ0) is 14.4. The first-order valence-electron chi connectivity index (χ1n) is 5.66.